The largest absolute Gasteiger partial charge is 0.461 e. The van der Waals surface area contributed by atoms with Crippen LogP contribution in [0, 0.1) is 12.8 Å². The summed E-state index contributed by atoms with van der Waals surface area (Å²) >= 11 is 0. The van der Waals surface area contributed by atoms with Crippen molar-refractivity contribution in [3.8, 4) is 0 Å². The monoisotopic (exact) mass is 286 g/mol. The van der Waals surface area contributed by atoms with E-state index in [1.807, 2.05) is 0 Å². The quantitative estimate of drug-likeness (QED) is 0.780. The van der Waals surface area contributed by atoms with Crippen LogP contribution < -0.4 is 0 Å². The van der Waals surface area contributed by atoms with Gasteiger partial charge in [0.25, 0.3) is 5.92 Å². The zero-order valence-electron chi connectivity index (χ0n) is 12.1. The maximum atomic E-state index is 13.6. The van der Waals surface area contributed by atoms with Crippen LogP contribution >= 0.6 is 0 Å². The normalized spacial score (nSPS) is 16.1. The number of carbonyl (C=O) groups is 1. The summed E-state index contributed by atoms with van der Waals surface area (Å²) in [6.07, 6.45) is 3.26. The lowest BCUT2D eigenvalue weighted by molar-refractivity contribution is 0.0112. The molecular weight excluding hydrogens is 266 g/mol. The molecule has 0 bridgehead atoms. The van der Waals surface area contributed by atoms with Gasteiger partial charge in [-0.1, -0.05) is 6.42 Å². The summed E-state index contributed by atoms with van der Waals surface area (Å²) in [6, 6.07) is 0. The smallest absolute Gasteiger partial charge is 0.356 e. The number of ether oxygens (including phenoxy) is 1. The van der Waals surface area contributed by atoms with Gasteiger partial charge in [0.2, 0.25) is 0 Å². The van der Waals surface area contributed by atoms with Gasteiger partial charge in [-0.25, -0.2) is 4.79 Å². The maximum Gasteiger partial charge on any atom is 0.356 e. The SMILES string of the molecule is CCOC(=O)c1c(C)c(C(C)(F)F)nn1CC1CCC1. The highest BCUT2D eigenvalue weighted by Gasteiger charge is 2.35. The predicted molar refractivity (Wildman–Crippen MR) is 69.8 cm³/mol. The Morgan fingerprint density at radius 3 is 2.60 bits per heavy atom. The third-order valence-corrected chi connectivity index (χ3v) is 3.73. The number of halogens is 2. The van der Waals surface area contributed by atoms with E-state index >= 15 is 0 Å². The molecule has 0 atom stereocenters. The molecule has 0 saturated heterocycles. The molecule has 0 aliphatic heterocycles. The van der Waals surface area contributed by atoms with Crippen LogP contribution in [0.15, 0.2) is 0 Å². The van der Waals surface area contributed by atoms with Crippen LogP contribution in [0.1, 0.15) is 54.9 Å². The molecule has 0 N–H and O–H groups in total. The topological polar surface area (TPSA) is 44.1 Å². The Balaban J connectivity index is 2.38. The molecule has 4 nitrogen and oxygen atoms in total. The first-order valence-corrected chi connectivity index (χ1v) is 6.97. The van der Waals surface area contributed by atoms with Crippen molar-refractivity contribution in [2.24, 2.45) is 5.92 Å². The van der Waals surface area contributed by atoms with E-state index in [2.05, 4.69) is 5.10 Å². The first-order chi connectivity index (χ1) is 9.34. The maximum absolute atomic E-state index is 13.6. The standard InChI is InChI=1S/C14H20F2N2O2/c1-4-20-13(19)11-9(2)12(14(3,15)16)17-18(11)8-10-6-5-7-10/h10H,4-8H2,1-3H3. The van der Waals surface area contributed by atoms with Gasteiger partial charge in [0, 0.05) is 19.0 Å². The number of rotatable bonds is 5. The van der Waals surface area contributed by atoms with E-state index in [-0.39, 0.29) is 23.6 Å². The summed E-state index contributed by atoms with van der Waals surface area (Å²) in [4.78, 5) is 12.0. The Kier molecular flexibility index (Phi) is 4.11. The lowest BCUT2D eigenvalue weighted by atomic mass is 9.85. The van der Waals surface area contributed by atoms with Crippen LogP contribution in [0.3, 0.4) is 0 Å². The van der Waals surface area contributed by atoms with Gasteiger partial charge < -0.3 is 4.74 Å². The molecule has 2 rings (SSSR count). The third kappa shape index (κ3) is 2.83. The van der Waals surface area contributed by atoms with E-state index < -0.39 is 11.9 Å². The van der Waals surface area contributed by atoms with Crippen molar-refractivity contribution in [3.63, 3.8) is 0 Å². The molecule has 6 heteroatoms. The van der Waals surface area contributed by atoms with Gasteiger partial charge in [-0.15, -0.1) is 0 Å². The van der Waals surface area contributed by atoms with Crippen LogP contribution in [0.5, 0.6) is 0 Å². The average molecular weight is 286 g/mol. The van der Waals surface area contributed by atoms with Crippen molar-refractivity contribution >= 4 is 5.97 Å². The number of alkyl halides is 2. The number of aromatic nitrogens is 2. The molecule has 1 aliphatic rings. The Bertz CT molecular complexity index is 502. The van der Waals surface area contributed by atoms with Crippen LogP contribution in [0.2, 0.25) is 0 Å². The van der Waals surface area contributed by atoms with Gasteiger partial charge in [-0.05, 0) is 32.6 Å². The molecule has 1 heterocycles. The molecule has 1 saturated carbocycles. The summed E-state index contributed by atoms with van der Waals surface area (Å²) in [6.45, 7) is 4.71. The van der Waals surface area contributed by atoms with Crippen molar-refractivity contribution in [1.82, 2.24) is 9.78 Å². The second kappa shape index (κ2) is 5.50. The van der Waals surface area contributed by atoms with Crippen molar-refractivity contribution in [2.75, 3.05) is 6.61 Å². The summed E-state index contributed by atoms with van der Waals surface area (Å²) in [5.41, 5.74) is 0.0467. The Morgan fingerprint density at radius 2 is 2.15 bits per heavy atom. The van der Waals surface area contributed by atoms with Crippen molar-refractivity contribution in [1.29, 1.82) is 0 Å². The zero-order valence-corrected chi connectivity index (χ0v) is 12.1. The van der Waals surface area contributed by atoms with Crippen molar-refractivity contribution < 1.29 is 18.3 Å². The lowest BCUT2D eigenvalue weighted by Gasteiger charge is -2.25. The number of esters is 1. The molecule has 1 aliphatic carbocycles. The van der Waals surface area contributed by atoms with Crippen molar-refractivity contribution in [2.45, 2.75) is 52.5 Å². The minimum absolute atomic E-state index is 0.162. The summed E-state index contributed by atoms with van der Waals surface area (Å²) < 4.78 is 33.5. The van der Waals surface area contributed by atoms with E-state index in [4.69, 9.17) is 4.74 Å². The summed E-state index contributed by atoms with van der Waals surface area (Å²) in [7, 11) is 0. The van der Waals surface area contributed by atoms with Crippen LogP contribution in [-0.2, 0) is 17.2 Å². The van der Waals surface area contributed by atoms with Crippen LogP contribution in [0.25, 0.3) is 0 Å². The minimum atomic E-state index is -3.06. The predicted octanol–water partition coefficient (Wildman–Crippen LogP) is 3.28. The zero-order chi connectivity index (χ0) is 14.9. The Labute approximate surface area is 117 Å². The fourth-order valence-corrected chi connectivity index (χ4v) is 2.48. The number of hydrogen-bond donors (Lipinski definition) is 0. The molecule has 20 heavy (non-hydrogen) atoms. The number of hydrogen-bond acceptors (Lipinski definition) is 3. The van der Waals surface area contributed by atoms with Gasteiger partial charge in [-0.2, -0.15) is 13.9 Å². The van der Waals surface area contributed by atoms with E-state index in [1.165, 1.54) is 11.6 Å². The fourth-order valence-electron chi connectivity index (χ4n) is 2.48. The van der Waals surface area contributed by atoms with Gasteiger partial charge in [-0.3, -0.25) is 4.68 Å². The molecule has 0 aromatic carbocycles. The molecule has 1 aromatic rings. The number of carbonyl (C=O) groups excluding carboxylic acids is 1. The Morgan fingerprint density at radius 1 is 1.50 bits per heavy atom. The van der Waals surface area contributed by atoms with Gasteiger partial charge >= 0.3 is 5.97 Å². The molecule has 1 aromatic heterocycles. The molecule has 1 fully saturated rings. The number of nitrogens with zero attached hydrogens (tertiary/aromatic N) is 2. The Hall–Kier alpha value is -1.46. The molecule has 0 amide bonds. The van der Waals surface area contributed by atoms with Crippen molar-refractivity contribution in [3.05, 3.63) is 17.0 Å². The summed E-state index contributed by atoms with van der Waals surface area (Å²) in [5.74, 6) is -3.22. The van der Waals surface area contributed by atoms with Crippen LogP contribution in [-0.4, -0.2) is 22.4 Å². The molecular formula is C14H20F2N2O2. The first kappa shape index (κ1) is 14.9. The second-order valence-corrected chi connectivity index (χ2v) is 5.41. The lowest BCUT2D eigenvalue weighted by Crippen LogP contribution is -2.22. The molecule has 0 radical (unpaired) electrons. The molecule has 0 unspecified atom stereocenters. The fraction of sp³-hybridized carbons (Fsp3) is 0.714. The highest BCUT2D eigenvalue weighted by Crippen LogP contribution is 2.33. The van der Waals surface area contributed by atoms with Gasteiger partial charge in [0.05, 0.1) is 6.61 Å². The van der Waals surface area contributed by atoms with E-state index in [1.54, 1.807) is 6.92 Å². The first-order valence-electron chi connectivity index (χ1n) is 6.97. The van der Waals surface area contributed by atoms with E-state index in [9.17, 15) is 13.6 Å². The van der Waals surface area contributed by atoms with E-state index in [0.29, 0.717) is 12.5 Å². The van der Waals surface area contributed by atoms with Crippen LogP contribution in [0.4, 0.5) is 8.78 Å². The second-order valence-electron chi connectivity index (χ2n) is 5.41. The average Bonchev–Trinajstić information content (AvgIpc) is 2.61. The molecule has 0 spiro atoms. The minimum Gasteiger partial charge on any atom is -0.461 e. The highest BCUT2D eigenvalue weighted by atomic mass is 19.3. The highest BCUT2D eigenvalue weighted by molar-refractivity contribution is 5.89. The summed E-state index contributed by atoms with van der Waals surface area (Å²) in [5, 5.41) is 3.97. The van der Waals surface area contributed by atoms with Gasteiger partial charge in [0.15, 0.2) is 0 Å². The third-order valence-electron chi connectivity index (χ3n) is 3.73. The van der Waals surface area contributed by atoms with E-state index in [0.717, 1.165) is 26.2 Å². The molecule has 112 valence electrons. The van der Waals surface area contributed by atoms with Gasteiger partial charge in [0.1, 0.15) is 11.4 Å².